The highest BCUT2D eigenvalue weighted by Gasteiger charge is 2.18. The molecule has 2 aromatic carbocycles. The highest BCUT2D eigenvalue weighted by molar-refractivity contribution is 6.07. The van der Waals surface area contributed by atoms with Gasteiger partial charge >= 0.3 is 0 Å². The molecule has 0 unspecified atom stereocenters. The lowest BCUT2D eigenvalue weighted by atomic mass is 10.0. The molecule has 0 radical (unpaired) electrons. The molecule has 0 aliphatic carbocycles. The molecule has 0 saturated carbocycles. The van der Waals surface area contributed by atoms with E-state index in [0.29, 0.717) is 23.3 Å². The van der Waals surface area contributed by atoms with Gasteiger partial charge in [-0.25, -0.2) is 9.37 Å². The number of fused-ring (bicyclic) bond motifs is 1. The summed E-state index contributed by atoms with van der Waals surface area (Å²) >= 11 is 0. The molecule has 1 aromatic heterocycles. The number of nitriles is 1. The van der Waals surface area contributed by atoms with Gasteiger partial charge in [-0.1, -0.05) is 18.2 Å². The second kappa shape index (κ2) is 7.10. The first-order chi connectivity index (χ1) is 12.1. The van der Waals surface area contributed by atoms with Crippen LogP contribution in [0.4, 0.5) is 4.39 Å². The highest BCUT2D eigenvalue weighted by Crippen LogP contribution is 2.26. The number of halogens is 1. The Bertz CT molecular complexity index is 961. The van der Waals surface area contributed by atoms with Gasteiger partial charge in [-0.05, 0) is 43.3 Å². The monoisotopic (exact) mass is 333 g/mol. The van der Waals surface area contributed by atoms with Crippen LogP contribution in [0.5, 0.6) is 0 Å². The predicted octanol–water partition coefficient (Wildman–Crippen LogP) is 4.03. The molecule has 4 nitrogen and oxygen atoms in total. The van der Waals surface area contributed by atoms with Crippen LogP contribution in [-0.4, -0.2) is 28.9 Å². The van der Waals surface area contributed by atoms with E-state index in [1.54, 1.807) is 18.2 Å². The summed E-state index contributed by atoms with van der Waals surface area (Å²) in [5.74, 6) is -0.543. The maximum atomic E-state index is 13.2. The molecule has 5 heteroatoms. The molecule has 0 aliphatic heterocycles. The van der Waals surface area contributed by atoms with E-state index in [2.05, 4.69) is 4.98 Å². The Kier molecular flexibility index (Phi) is 4.71. The van der Waals surface area contributed by atoms with Gasteiger partial charge < -0.3 is 4.90 Å². The lowest BCUT2D eigenvalue weighted by molar-refractivity contribution is 0.0786. The van der Waals surface area contributed by atoms with E-state index in [-0.39, 0.29) is 18.3 Å². The molecular weight excluding hydrogens is 317 g/mol. The first kappa shape index (κ1) is 16.6. The van der Waals surface area contributed by atoms with Crippen molar-refractivity contribution in [3.63, 3.8) is 0 Å². The second-order valence-corrected chi connectivity index (χ2v) is 5.56. The number of carbonyl (C=O) groups is 1. The minimum atomic E-state index is -0.327. The quantitative estimate of drug-likeness (QED) is 0.677. The first-order valence-corrected chi connectivity index (χ1v) is 7.96. The standard InChI is InChI=1S/C20H16FN3O/c1-2-24(12-11-22)20(25)17-13-19(14-7-9-15(21)10-8-14)23-18-6-4-3-5-16(17)18/h3-10,13H,2,12H2,1H3. The summed E-state index contributed by atoms with van der Waals surface area (Å²) in [5.41, 5.74) is 2.49. The van der Waals surface area contributed by atoms with E-state index in [9.17, 15) is 9.18 Å². The van der Waals surface area contributed by atoms with E-state index in [0.717, 1.165) is 10.9 Å². The molecule has 0 atom stereocenters. The summed E-state index contributed by atoms with van der Waals surface area (Å²) in [6.45, 7) is 2.30. The molecule has 0 N–H and O–H groups in total. The molecule has 0 bridgehead atoms. The van der Waals surface area contributed by atoms with Crippen LogP contribution in [0.3, 0.4) is 0 Å². The van der Waals surface area contributed by atoms with E-state index in [4.69, 9.17) is 5.26 Å². The third-order valence-electron chi connectivity index (χ3n) is 4.02. The zero-order valence-corrected chi connectivity index (χ0v) is 13.7. The Morgan fingerprint density at radius 2 is 1.92 bits per heavy atom. The number of amides is 1. The van der Waals surface area contributed by atoms with Gasteiger partial charge in [0.2, 0.25) is 0 Å². The highest BCUT2D eigenvalue weighted by atomic mass is 19.1. The molecular formula is C20H16FN3O. The molecule has 0 fully saturated rings. The SMILES string of the molecule is CCN(CC#N)C(=O)c1cc(-c2ccc(F)cc2)nc2ccccc12. The van der Waals surface area contributed by atoms with E-state index in [1.807, 2.05) is 37.3 Å². The largest absolute Gasteiger partial charge is 0.326 e. The van der Waals surface area contributed by atoms with Crippen LogP contribution < -0.4 is 0 Å². The maximum Gasteiger partial charge on any atom is 0.255 e. The number of para-hydroxylation sites is 1. The Morgan fingerprint density at radius 1 is 1.20 bits per heavy atom. The van der Waals surface area contributed by atoms with Gasteiger partial charge in [-0.2, -0.15) is 5.26 Å². The fourth-order valence-electron chi connectivity index (χ4n) is 2.70. The zero-order valence-electron chi connectivity index (χ0n) is 13.7. The Morgan fingerprint density at radius 3 is 2.60 bits per heavy atom. The van der Waals surface area contributed by atoms with Crippen molar-refractivity contribution in [3.05, 3.63) is 66.0 Å². The topological polar surface area (TPSA) is 57.0 Å². The molecule has 1 amide bonds. The van der Waals surface area contributed by atoms with E-state index in [1.165, 1.54) is 17.0 Å². The molecule has 0 spiro atoms. The minimum absolute atomic E-state index is 0.0257. The summed E-state index contributed by atoms with van der Waals surface area (Å²) in [6.07, 6.45) is 0. The van der Waals surface area contributed by atoms with Crippen LogP contribution in [-0.2, 0) is 0 Å². The number of benzene rings is 2. The molecule has 25 heavy (non-hydrogen) atoms. The molecule has 0 saturated heterocycles. The predicted molar refractivity (Wildman–Crippen MR) is 94.3 cm³/mol. The molecule has 124 valence electrons. The number of aromatic nitrogens is 1. The lowest BCUT2D eigenvalue weighted by Crippen LogP contribution is -2.31. The fourth-order valence-corrected chi connectivity index (χ4v) is 2.70. The molecule has 3 aromatic rings. The van der Waals surface area contributed by atoms with Crippen LogP contribution in [0.1, 0.15) is 17.3 Å². The van der Waals surface area contributed by atoms with Gasteiger partial charge in [0.15, 0.2) is 0 Å². The average molecular weight is 333 g/mol. The Hall–Kier alpha value is -3.26. The van der Waals surface area contributed by atoms with Crippen molar-refractivity contribution in [2.24, 2.45) is 0 Å². The van der Waals surface area contributed by atoms with E-state index < -0.39 is 0 Å². The average Bonchev–Trinajstić information content (AvgIpc) is 2.65. The second-order valence-electron chi connectivity index (χ2n) is 5.56. The van der Waals surface area contributed by atoms with Gasteiger partial charge in [-0.15, -0.1) is 0 Å². The van der Waals surface area contributed by atoms with Crippen molar-refractivity contribution in [2.45, 2.75) is 6.92 Å². The van der Waals surface area contributed by atoms with Crippen molar-refractivity contribution in [1.82, 2.24) is 9.88 Å². The van der Waals surface area contributed by atoms with Crippen LogP contribution >= 0.6 is 0 Å². The van der Waals surface area contributed by atoms with Gasteiger partial charge in [0, 0.05) is 17.5 Å². The van der Waals surface area contributed by atoms with Gasteiger partial charge in [0.05, 0.1) is 22.8 Å². The normalized spacial score (nSPS) is 10.4. The fraction of sp³-hybridized carbons (Fsp3) is 0.150. The van der Waals surface area contributed by atoms with Gasteiger partial charge in [-0.3, -0.25) is 4.79 Å². The molecule has 1 heterocycles. The number of rotatable bonds is 4. The van der Waals surface area contributed by atoms with Crippen molar-refractivity contribution >= 4 is 16.8 Å². The number of hydrogen-bond acceptors (Lipinski definition) is 3. The van der Waals surface area contributed by atoms with Gasteiger partial charge in [0.1, 0.15) is 12.4 Å². The third kappa shape index (κ3) is 3.33. The van der Waals surface area contributed by atoms with Crippen molar-refractivity contribution in [3.8, 4) is 17.3 Å². The smallest absolute Gasteiger partial charge is 0.255 e. The Labute approximate surface area is 145 Å². The van der Waals surface area contributed by atoms with Crippen LogP contribution in [0.25, 0.3) is 22.2 Å². The number of carbonyl (C=O) groups excluding carboxylic acids is 1. The number of nitrogens with zero attached hydrogens (tertiary/aromatic N) is 3. The minimum Gasteiger partial charge on any atom is -0.326 e. The molecule has 0 aliphatic rings. The van der Waals surface area contributed by atoms with Crippen molar-refractivity contribution in [1.29, 1.82) is 5.26 Å². The zero-order chi connectivity index (χ0) is 17.8. The first-order valence-electron chi connectivity index (χ1n) is 7.96. The molecule has 3 rings (SSSR count). The summed E-state index contributed by atoms with van der Waals surface area (Å²) in [4.78, 5) is 19.0. The summed E-state index contributed by atoms with van der Waals surface area (Å²) < 4.78 is 13.2. The van der Waals surface area contributed by atoms with E-state index >= 15 is 0 Å². The van der Waals surface area contributed by atoms with Crippen molar-refractivity contribution < 1.29 is 9.18 Å². The lowest BCUT2D eigenvalue weighted by Gasteiger charge is -2.19. The van der Waals surface area contributed by atoms with Crippen LogP contribution in [0.2, 0.25) is 0 Å². The number of pyridine rings is 1. The van der Waals surface area contributed by atoms with Crippen LogP contribution in [0, 0.1) is 17.1 Å². The van der Waals surface area contributed by atoms with Crippen molar-refractivity contribution in [2.75, 3.05) is 13.1 Å². The maximum absolute atomic E-state index is 13.2. The Balaban J connectivity index is 2.18. The third-order valence-corrected chi connectivity index (χ3v) is 4.02. The van der Waals surface area contributed by atoms with Crippen LogP contribution in [0.15, 0.2) is 54.6 Å². The van der Waals surface area contributed by atoms with Gasteiger partial charge in [0.25, 0.3) is 5.91 Å². The summed E-state index contributed by atoms with van der Waals surface area (Å²) in [5, 5.41) is 9.67. The summed E-state index contributed by atoms with van der Waals surface area (Å²) in [7, 11) is 0. The number of hydrogen-bond donors (Lipinski definition) is 0. The summed E-state index contributed by atoms with van der Waals surface area (Å²) in [6, 6.07) is 17.1.